The van der Waals surface area contributed by atoms with E-state index in [1.807, 2.05) is 30.3 Å². The standard InChI is InChI=1S/C21H33N2O7P.H2/c22-13-5-4-8-18(21(25)26)30-31(27,28)20(17-11-14-29-15-12-17)23-19(24)10-9-16-6-2-1-3-7-16;/h1-3,6-7,17-18,20H,4-5,8-15,22H2,(H,23,24)(H,25,26)(H,27,28);1H. The SMILES string of the molecule is NCCCCC(OP(=O)(O)C(NC(=O)CCc1ccccc1)C1CCOCC1)C(=O)O.[HH]. The molecular weight excluding hydrogens is 423 g/mol. The summed E-state index contributed by atoms with van der Waals surface area (Å²) in [5, 5.41) is 12.1. The van der Waals surface area contributed by atoms with Gasteiger partial charge in [0.25, 0.3) is 0 Å². The van der Waals surface area contributed by atoms with Crippen molar-refractivity contribution in [2.45, 2.75) is 56.8 Å². The van der Waals surface area contributed by atoms with Crippen molar-refractivity contribution in [3.05, 3.63) is 35.9 Å². The van der Waals surface area contributed by atoms with Gasteiger partial charge in [0, 0.05) is 21.1 Å². The molecule has 3 unspecified atom stereocenters. The van der Waals surface area contributed by atoms with Gasteiger partial charge in [-0.1, -0.05) is 30.3 Å². The molecule has 1 aromatic carbocycles. The number of benzene rings is 1. The minimum atomic E-state index is -4.48. The fourth-order valence-electron chi connectivity index (χ4n) is 3.58. The second-order valence-corrected chi connectivity index (χ2v) is 9.62. The first-order valence-corrected chi connectivity index (χ1v) is 12.3. The predicted molar refractivity (Wildman–Crippen MR) is 118 cm³/mol. The highest BCUT2D eigenvalue weighted by Gasteiger charge is 2.43. The molecule has 0 radical (unpaired) electrons. The third-order valence-corrected chi connectivity index (χ3v) is 7.14. The first-order chi connectivity index (χ1) is 14.8. The molecule has 1 aliphatic heterocycles. The van der Waals surface area contributed by atoms with E-state index in [2.05, 4.69) is 5.32 Å². The van der Waals surface area contributed by atoms with Crippen LogP contribution in [0.4, 0.5) is 0 Å². The summed E-state index contributed by atoms with van der Waals surface area (Å²) in [5.74, 6) is -3.22. The summed E-state index contributed by atoms with van der Waals surface area (Å²) in [6, 6.07) is 9.45. The van der Waals surface area contributed by atoms with Crippen molar-refractivity contribution < 1.29 is 34.8 Å². The molecule has 2 rings (SSSR count). The number of carboxylic acid groups (broad SMARTS) is 1. The molecule has 1 heterocycles. The van der Waals surface area contributed by atoms with Crippen LogP contribution in [0.15, 0.2) is 30.3 Å². The van der Waals surface area contributed by atoms with E-state index >= 15 is 0 Å². The molecule has 9 nitrogen and oxygen atoms in total. The molecule has 0 aromatic heterocycles. The fraction of sp³-hybridized carbons (Fsp3) is 0.619. The smallest absolute Gasteiger partial charge is 0.351 e. The number of carbonyl (C=O) groups is 2. The summed E-state index contributed by atoms with van der Waals surface area (Å²) in [7, 11) is -4.48. The third kappa shape index (κ3) is 8.71. The van der Waals surface area contributed by atoms with Gasteiger partial charge in [0.2, 0.25) is 5.91 Å². The number of aliphatic carboxylic acids is 1. The quantitative estimate of drug-likeness (QED) is 0.260. The zero-order valence-corrected chi connectivity index (χ0v) is 18.5. The Morgan fingerprint density at radius 3 is 2.55 bits per heavy atom. The third-order valence-electron chi connectivity index (χ3n) is 5.33. The molecule has 1 aliphatic rings. The van der Waals surface area contributed by atoms with E-state index < -0.39 is 25.5 Å². The zero-order chi connectivity index (χ0) is 22.7. The molecule has 10 heteroatoms. The Hall–Kier alpha value is -1.77. The molecule has 1 saturated heterocycles. The molecule has 0 aliphatic carbocycles. The fourth-order valence-corrected chi connectivity index (χ4v) is 5.41. The van der Waals surface area contributed by atoms with Crippen molar-refractivity contribution in [3.8, 4) is 0 Å². The number of hydrogen-bond donors (Lipinski definition) is 4. The number of rotatable bonds is 13. The largest absolute Gasteiger partial charge is 0.479 e. The van der Waals surface area contributed by atoms with E-state index in [1.54, 1.807) is 0 Å². The summed E-state index contributed by atoms with van der Waals surface area (Å²) >= 11 is 0. The minimum Gasteiger partial charge on any atom is -0.479 e. The van der Waals surface area contributed by atoms with Crippen LogP contribution in [-0.4, -0.2) is 53.5 Å². The summed E-state index contributed by atoms with van der Waals surface area (Å²) in [6.45, 7) is 1.20. The van der Waals surface area contributed by atoms with E-state index in [-0.39, 0.29) is 26.1 Å². The summed E-state index contributed by atoms with van der Waals surface area (Å²) in [4.78, 5) is 34.9. The van der Waals surface area contributed by atoms with Gasteiger partial charge in [0.15, 0.2) is 6.10 Å². The zero-order valence-electron chi connectivity index (χ0n) is 17.7. The number of nitrogens with two attached hydrogens (primary N) is 1. The number of ether oxygens (including phenoxy) is 1. The Kier molecular flexibility index (Phi) is 10.6. The first kappa shape index (κ1) is 25.5. The summed E-state index contributed by atoms with van der Waals surface area (Å²) in [5.41, 5.74) is 6.42. The van der Waals surface area contributed by atoms with Crippen LogP contribution >= 0.6 is 7.60 Å². The van der Waals surface area contributed by atoms with Crippen LogP contribution < -0.4 is 11.1 Å². The van der Waals surface area contributed by atoms with Gasteiger partial charge in [-0.2, -0.15) is 0 Å². The van der Waals surface area contributed by atoms with Gasteiger partial charge in [0.1, 0.15) is 5.78 Å². The van der Waals surface area contributed by atoms with E-state index in [9.17, 15) is 24.2 Å². The molecule has 176 valence electrons. The van der Waals surface area contributed by atoms with Gasteiger partial charge in [-0.05, 0) is 56.6 Å². The van der Waals surface area contributed by atoms with Crippen molar-refractivity contribution in [1.29, 1.82) is 0 Å². The Balaban J connectivity index is 0.00000512. The highest BCUT2D eigenvalue weighted by Crippen LogP contribution is 2.52. The van der Waals surface area contributed by atoms with E-state index in [1.165, 1.54) is 0 Å². The normalized spacial score (nSPS) is 18.6. The van der Waals surface area contributed by atoms with Gasteiger partial charge >= 0.3 is 13.6 Å². The predicted octanol–water partition coefficient (Wildman–Crippen LogP) is 2.52. The van der Waals surface area contributed by atoms with Crippen molar-refractivity contribution >= 4 is 19.5 Å². The lowest BCUT2D eigenvalue weighted by molar-refractivity contribution is -0.145. The number of nitrogens with one attached hydrogen (secondary N) is 1. The van der Waals surface area contributed by atoms with Gasteiger partial charge < -0.3 is 25.8 Å². The highest BCUT2D eigenvalue weighted by atomic mass is 31.2. The van der Waals surface area contributed by atoms with Crippen molar-refractivity contribution in [1.82, 2.24) is 5.32 Å². The molecule has 1 aromatic rings. The monoisotopic (exact) mass is 458 g/mol. The lowest BCUT2D eigenvalue weighted by atomic mass is 10.00. The number of unbranched alkanes of at least 4 members (excludes halogenated alkanes) is 1. The van der Waals surface area contributed by atoms with Crippen LogP contribution in [0.2, 0.25) is 0 Å². The van der Waals surface area contributed by atoms with Crippen molar-refractivity contribution in [3.63, 3.8) is 0 Å². The van der Waals surface area contributed by atoms with Gasteiger partial charge in [-0.25, -0.2) is 4.79 Å². The van der Waals surface area contributed by atoms with E-state index in [4.69, 9.17) is 15.0 Å². The van der Waals surface area contributed by atoms with Crippen LogP contribution in [-0.2, 0) is 29.8 Å². The molecule has 0 saturated carbocycles. The Bertz CT molecular complexity index is 747. The number of hydrogen-bond acceptors (Lipinski definition) is 6. The molecule has 0 bridgehead atoms. The van der Waals surface area contributed by atoms with Crippen LogP contribution in [0, 0.1) is 5.92 Å². The number of carbonyl (C=O) groups excluding carboxylic acids is 1. The molecule has 1 fully saturated rings. The van der Waals surface area contributed by atoms with Crippen LogP contribution in [0.3, 0.4) is 0 Å². The van der Waals surface area contributed by atoms with Gasteiger partial charge in [0.05, 0.1) is 0 Å². The molecule has 1 amide bonds. The Morgan fingerprint density at radius 2 is 1.94 bits per heavy atom. The van der Waals surface area contributed by atoms with Crippen LogP contribution in [0.25, 0.3) is 0 Å². The van der Waals surface area contributed by atoms with Crippen LogP contribution in [0.1, 0.15) is 45.5 Å². The molecular formula is C21H35N2O7P. The average Bonchev–Trinajstić information content (AvgIpc) is 2.76. The number of aryl methyl sites for hydroxylation is 1. The topological polar surface area (TPSA) is 148 Å². The second-order valence-electron chi connectivity index (χ2n) is 7.73. The second kappa shape index (κ2) is 12.9. The summed E-state index contributed by atoms with van der Waals surface area (Å²) in [6.07, 6.45) is 1.25. The molecule has 5 N–H and O–H groups in total. The molecule has 0 spiro atoms. The maximum Gasteiger partial charge on any atom is 0.351 e. The minimum absolute atomic E-state index is 0. The lowest BCUT2D eigenvalue weighted by Crippen LogP contribution is -2.43. The molecule has 31 heavy (non-hydrogen) atoms. The van der Waals surface area contributed by atoms with E-state index in [0.29, 0.717) is 51.9 Å². The molecule has 3 atom stereocenters. The number of carboxylic acids is 1. The lowest BCUT2D eigenvalue weighted by Gasteiger charge is -2.34. The average molecular weight is 458 g/mol. The Labute approximate surface area is 184 Å². The van der Waals surface area contributed by atoms with Crippen LogP contribution in [0.5, 0.6) is 0 Å². The Morgan fingerprint density at radius 1 is 1.26 bits per heavy atom. The highest BCUT2D eigenvalue weighted by molar-refractivity contribution is 7.53. The van der Waals surface area contributed by atoms with Gasteiger partial charge in [-0.15, -0.1) is 0 Å². The number of amides is 1. The first-order valence-electron chi connectivity index (χ1n) is 10.7. The maximum absolute atomic E-state index is 13.2. The maximum atomic E-state index is 13.2. The van der Waals surface area contributed by atoms with Crippen molar-refractivity contribution in [2.24, 2.45) is 11.7 Å². The van der Waals surface area contributed by atoms with E-state index in [0.717, 1.165) is 5.56 Å². The van der Waals surface area contributed by atoms with Crippen molar-refractivity contribution in [2.75, 3.05) is 19.8 Å². The summed E-state index contributed by atoms with van der Waals surface area (Å²) < 4.78 is 23.7. The van der Waals surface area contributed by atoms with Gasteiger partial charge in [-0.3, -0.25) is 13.9 Å².